The third-order valence-corrected chi connectivity index (χ3v) is 4.51. The standard InChI is InChI=1S/C20H36N4O3.ClH/c1-15(2)23(16(3)4)7-8-24(19-14-17(5)13-18(6)21-19)20(27)22(9-11-25)10-12-26;/h13-16,25-26H,7-12H2,1-6H3;1H. The number of carbonyl (C=O) groups excluding carboxylic acids is 1. The first-order valence-corrected chi connectivity index (χ1v) is 9.70. The van der Waals surface area contributed by atoms with Gasteiger partial charge >= 0.3 is 6.03 Å². The van der Waals surface area contributed by atoms with E-state index < -0.39 is 0 Å². The van der Waals surface area contributed by atoms with Crippen molar-refractivity contribution in [2.45, 2.75) is 53.6 Å². The van der Waals surface area contributed by atoms with Crippen LogP contribution in [0.3, 0.4) is 0 Å². The van der Waals surface area contributed by atoms with Gasteiger partial charge in [-0.15, -0.1) is 12.4 Å². The summed E-state index contributed by atoms with van der Waals surface area (Å²) >= 11 is 0. The van der Waals surface area contributed by atoms with E-state index in [1.165, 1.54) is 4.90 Å². The molecule has 1 rings (SSSR count). The molecular formula is C20H37ClN4O3. The fourth-order valence-corrected chi connectivity index (χ4v) is 3.31. The number of rotatable bonds is 10. The first-order valence-electron chi connectivity index (χ1n) is 9.70. The molecular weight excluding hydrogens is 380 g/mol. The summed E-state index contributed by atoms with van der Waals surface area (Å²) in [6.07, 6.45) is 0. The minimum atomic E-state index is -0.247. The number of hydrogen-bond donors (Lipinski definition) is 2. The van der Waals surface area contributed by atoms with Gasteiger partial charge in [-0.2, -0.15) is 0 Å². The van der Waals surface area contributed by atoms with Crippen molar-refractivity contribution in [2.24, 2.45) is 0 Å². The minimum Gasteiger partial charge on any atom is -0.395 e. The normalized spacial score (nSPS) is 11.1. The van der Waals surface area contributed by atoms with Crippen LogP contribution in [0.25, 0.3) is 0 Å². The average Bonchev–Trinajstić information content (AvgIpc) is 2.56. The highest BCUT2D eigenvalue weighted by atomic mass is 35.5. The molecule has 2 N–H and O–H groups in total. The molecule has 7 nitrogen and oxygen atoms in total. The van der Waals surface area contributed by atoms with Crippen LogP contribution in [0.5, 0.6) is 0 Å². The van der Waals surface area contributed by atoms with Crippen LogP contribution in [0.1, 0.15) is 39.0 Å². The number of aryl methyl sites for hydroxylation is 2. The van der Waals surface area contributed by atoms with E-state index in [-0.39, 0.29) is 44.7 Å². The highest BCUT2D eigenvalue weighted by molar-refractivity contribution is 5.91. The highest BCUT2D eigenvalue weighted by Gasteiger charge is 2.25. The first kappa shape index (κ1) is 26.6. The van der Waals surface area contributed by atoms with Crippen molar-refractivity contribution < 1.29 is 15.0 Å². The van der Waals surface area contributed by atoms with Crippen LogP contribution in [0.15, 0.2) is 12.1 Å². The maximum absolute atomic E-state index is 13.2. The summed E-state index contributed by atoms with van der Waals surface area (Å²) < 4.78 is 0. The Kier molecular flexibility index (Phi) is 12.3. The number of halogens is 1. The van der Waals surface area contributed by atoms with Crippen molar-refractivity contribution in [3.8, 4) is 0 Å². The molecule has 0 aliphatic carbocycles. The van der Waals surface area contributed by atoms with E-state index in [2.05, 4.69) is 37.6 Å². The van der Waals surface area contributed by atoms with E-state index in [1.807, 2.05) is 26.0 Å². The second-order valence-corrected chi connectivity index (χ2v) is 7.44. The molecule has 0 aromatic carbocycles. The number of pyridine rings is 1. The van der Waals surface area contributed by atoms with Gasteiger partial charge in [-0.25, -0.2) is 9.78 Å². The number of aliphatic hydroxyl groups is 2. The van der Waals surface area contributed by atoms with E-state index in [0.29, 0.717) is 31.0 Å². The average molecular weight is 417 g/mol. The molecule has 0 spiro atoms. The summed E-state index contributed by atoms with van der Waals surface area (Å²) in [7, 11) is 0. The molecule has 2 amide bonds. The number of hydrogen-bond acceptors (Lipinski definition) is 5. The number of aliphatic hydroxyl groups excluding tert-OH is 2. The molecule has 0 fully saturated rings. The minimum absolute atomic E-state index is 0. The Morgan fingerprint density at radius 1 is 0.964 bits per heavy atom. The van der Waals surface area contributed by atoms with E-state index >= 15 is 0 Å². The Hall–Kier alpha value is -1.41. The van der Waals surface area contributed by atoms with Crippen molar-refractivity contribution in [3.63, 3.8) is 0 Å². The Balaban J connectivity index is 0.00000729. The summed E-state index contributed by atoms with van der Waals surface area (Å²) in [6, 6.07) is 4.35. The first-order chi connectivity index (χ1) is 12.7. The molecule has 0 saturated heterocycles. The van der Waals surface area contributed by atoms with E-state index in [0.717, 1.165) is 11.3 Å². The van der Waals surface area contributed by atoms with Gasteiger partial charge in [0.25, 0.3) is 0 Å². The second-order valence-electron chi connectivity index (χ2n) is 7.44. The van der Waals surface area contributed by atoms with Crippen molar-refractivity contribution in [3.05, 3.63) is 23.4 Å². The fraction of sp³-hybridized carbons (Fsp3) is 0.700. The van der Waals surface area contributed by atoms with Gasteiger partial charge in [0.1, 0.15) is 5.82 Å². The van der Waals surface area contributed by atoms with Crippen LogP contribution in [-0.2, 0) is 0 Å². The number of carbonyl (C=O) groups is 1. The van der Waals surface area contributed by atoms with E-state index in [1.54, 1.807) is 4.90 Å². The molecule has 0 atom stereocenters. The third kappa shape index (κ3) is 7.91. The van der Waals surface area contributed by atoms with Gasteiger partial charge in [-0.1, -0.05) is 0 Å². The maximum Gasteiger partial charge on any atom is 0.325 e. The Morgan fingerprint density at radius 3 is 1.93 bits per heavy atom. The molecule has 8 heteroatoms. The summed E-state index contributed by atoms with van der Waals surface area (Å²) in [5.41, 5.74) is 1.89. The monoisotopic (exact) mass is 416 g/mol. The van der Waals surface area contributed by atoms with Crippen molar-refractivity contribution >= 4 is 24.3 Å². The van der Waals surface area contributed by atoms with Gasteiger partial charge in [-0.05, 0) is 59.2 Å². The topological polar surface area (TPSA) is 80.1 Å². The number of nitrogens with zero attached hydrogens (tertiary/aromatic N) is 4. The molecule has 0 bridgehead atoms. The fourth-order valence-electron chi connectivity index (χ4n) is 3.31. The Bertz CT molecular complexity index is 565. The van der Waals surface area contributed by atoms with Gasteiger partial charge < -0.3 is 15.1 Å². The zero-order chi connectivity index (χ0) is 20.6. The van der Waals surface area contributed by atoms with Crippen molar-refractivity contribution in [1.82, 2.24) is 14.8 Å². The lowest BCUT2D eigenvalue weighted by atomic mass is 10.2. The molecule has 162 valence electrons. The third-order valence-electron chi connectivity index (χ3n) is 4.51. The molecule has 0 aliphatic rings. The Morgan fingerprint density at radius 2 is 1.50 bits per heavy atom. The smallest absolute Gasteiger partial charge is 0.325 e. The number of anilines is 1. The number of aromatic nitrogens is 1. The summed E-state index contributed by atoms with van der Waals surface area (Å²) in [5, 5.41) is 18.6. The molecule has 1 heterocycles. The van der Waals surface area contributed by atoms with Crippen LogP contribution in [0, 0.1) is 13.8 Å². The predicted octanol–water partition coefficient (Wildman–Crippen LogP) is 2.45. The highest BCUT2D eigenvalue weighted by Crippen LogP contribution is 2.17. The summed E-state index contributed by atoms with van der Waals surface area (Å²) in [5.74, 6) is 0.603. The van der Waals surface area contributed by atoms with Crippen LogP contribution in [-0.4, -0.2) is 82.5 Å². The van der Waals surface area contributed by atoms with Crippen molar-refractivity contribution in [2.75, 3.05) is 44.3 Å². The predicted molar refractivity (Wildman–Crippen MR) is 116 cm³/mol. The molecule has 0 radical (unpaired) electrons. The van der Waals surface area contributed by atoms with Crippen LogP contribution in [0.4, 0.5) is 10.6 Å². The van der Waals surface area contributed by atoms with Gasteiger partial charge in [0, 0.05) is 44.0 Å². The molecule has 0 saturated carbocycles. The molecule has 1 aromatic heterocycles. The second kappa shape index (κ2) is 12.9. The van der Waals surface area contributed by atoms with E-state index in [4.69, 9.17) is 0 Å². The van der Waals surface area contributed by atoms with Gasteiger partial charge in [0.05, 0.1) is 13.2 Å². The van der Waals surface area contributed by atoms with E-state index in [9.17, 15) is 15.0 Å². The number of amides is 2. The van der Waals surface area contributed by atoms with Crippen LogP contribution in [0.2, 0.25) is 0 Å². The van der Waals surface area contributed by atoms with Crippen LogP contribution >= 0.6 is 12.4 Å². The SMILES string of the molecule is Cc1cc(C)nc(N(CCN(C(C)C)C(C)C)C(=O)N(CCO)CCO)c1.Cl. The molecule has 0 unspecified atom stereocenters. The molecule has 28 heavy (non-hydrogen) atoms. The zero-order valence-electron chi connectivity index (χ0n) is 18.1. The van der Waals surface area contributed by atoms with Gasteiger partial charge in [-0.3, -0.25) is 9.80 Å². The summed E-state index contributed by atoms with van der Waals surface area (Å²) in [6.45, 7) is 13.7. The maximum atomic E-state index is 13.2. The lowest BCUT2D eigenvalue weighted by Gasteiger charge is -2.35. The lowest BCUT2D eigenvalue weighted by molar-refractivity contribution is 0.157. The van der Waals surface area contributed by atoms with Crippen molar-refractivity contribution in [1.29, 1.82) is 0 Å². The largest absolute Gasteiger partial charge is 0.395 e. The zero-order valence-corrected chi connectivity index (χ0v) is 18.9. The number of urea groups is 1. The van der Waals surface area contributed by atoms with Gasteiger partial charge in [0.2, 0.25) is 0 Å². The quantitative estimate of drug-likeness (QED) is 0.612. The summed E-state index contributed by atoms with van der Waals surface area (Å²) in [4.78, 5) is 23.2. The molecule has 0 aliphatic heterocycles. The Labute approximate surface area is 175 Å². The molecule has 1 aromatic rings. The van der Waals surface area contributed by atoms with Crippen LogP contribution < -0.4 is 4.90 Å². The lowest BCUT2D eigenvalue weighted by Crippen LogP contribution is -2.50. The van der Waals surface area contributed by atoms with Gasteiger partial charge in [0.15, 0.2) is 0 Å².